The molecule has 3 nitrogen and oxygen atoms in total. The largest absolute Gasteiger partial charge is 0.496 e. The molecule has 1 aromatic carbocycles. The van der Waals surface area contributed by atoms with Crippen LogP contribution < -0.4 is 10.1 Å². The average molecular weight is 290 g/mol. The van der Waals surface area contributed by atoms with Gasteiger partial charge in [0.2, 0.25) is 0 Å². The molecule has 1 aromatic rings. The van der Waals surface area contributed by atoms with Crippen molar-refractivity contribution < 1.29 is 4.74 Å². The third kappa shape index (κ3) is 5.01. The predicted molar refractivity (Wildman–Crippen MR) is 88.9 cm³/mol. The molecule has 1 fully saturated rings. The molecule has 0 saturated heterocycles. The van der Waals surface area contributed by atoms with E-state index >= 15 is 0 Å². The summed E-state index contributed by atoms with van der Waals surface area (Å²) < 4.78 is 5.56. The van der Waals surface area contributed by atoms with E-state index in [1.165, 1.54) is 24.9 Å². The minimum Gasteiger partial charge on any atom is -0.496 e. The molecule has 0 spiro atoms. The highest BCUT2D eigenvalue weighted by Crippen LogP contribution is 2.31. The average Bonchev–Trinajstić information content (AvgIpc) is 3.34. The minimum atomic E-state index is 0.347. The molecular formula is C18H30N2O. The summed E-state index contributed by atoms with van der Waals surface area (Å²) in [6, 6.07) is 8.75. The Kier molecular flexibility index (Phi) is 6.52. The molecule has 0 aliphatic heterocycles. The Balaban J connectivity index is 2.08. The van der Waals surface area contributed by atoms with Gasteiger partial charge < -0.3 is 15.0 Å². The van der Waals surface area contributed by atoms with Crippen LogP contribution in [-0.4, -0.2) is 38.2 Å². The van der Waals surface area contributed by atoms with Crippen LogP contribution in [0.1, 0.15) is 44.7 Å². The summed E-state index contributed by atoms with van der Waals surface area (Å²) in [6.45, 7) is 8.96. The van der Waals surface area contributed by atoms with E-state index in [0.29, 0.717) is 6.04 Å². The lowest BCUT2D eigenvalue weighted by Crippen LogP contribution is -2.36. The quantitative estimate of drug-likeness (QED) is 0.714. The van der Waals surface area contributed by atoms with Gasteiger partial charge in [-0.3, -0.25) is 0 Å². The van der Waals surface area contributed by atoms with E-state index in [1.807, 2.05) is 6.07 Å². The Morgan fingerprint density at radius 3 is 2.67 bits per heavy atom. The molecule has 0 radical (unpaired) electrons. The van der Waals surface area contributed by atoms with Crippen molar-refractivity contribution in [2.75, 3.05) is 33.3 Å². The molecule has 118 valence electrons. The predicted octanol–water partition coefficient (Wildman–Crippen LogP) is 3.47. The second kappa shape index (κ2) is 8.40. The summed E-state index contributed by atoms with van der Waals surface area (Å²) in [5, 5.41) is 3.70. The van der Waals surface area contributed by atoms with E-state index < -0.39 is 0 Å². The summed E-state index contributed by atoms with van der Waals surface area (Å²) in [7, 11) is 1.76. The number of para-hydroxylation sites is 1. The maximum Gasteiger partial charge on any atom is 0.123 e. The number of likely N-dealkylation sites (N-methyl/N-ethyl adjacent to an activating group) is 1. The van der Waals surface area contributed by atoms with Gasteiger partial charge in [0.15, 0.2) is 0 Å². The van der Waals surface area contributed by atoms with Crippen molar-refractivity contribution in [2.45, 2.75) is 39.2 Å². The monoisotopic (exact) mass is 290 g/mol. The molecule has 1 aliphatic rings. The zero-order valence-electron chi connectivity index (χ0n) is 13.8. The molecule has 1 atom stereocenters. The molecule has 3 heteroatoms. The Morgan fingerprint density at radius 1 is 1.29 bits per heavy atom. The zero-order chi connectivity index (χ0) is 15.1. The summed E-state index contributed by atoms with van der Waals surface area (Å²) in [6.07, 6.45) is 3.98. The first-order chi connectivity index (χ1) is 10.3. The van der Waals surface area contributed by atoms with Crippen LogP contribution in [0.25, 0.3) is 0 Å². The molecule has 0 heterocycles. The number of rotatable bonds is 10. The normalized spacial score (nSPS) is 16.2. The fourth-order valence-corrected chi connectivity index (χ4v) is 2.80. The Hall–Kier alpha value is -1.06. The van der Waals surface area contributed by atoms with Gasteiger partial charge in [-0.25, -0.2) is 0 Å². The topological polar surface area (TPSA) is 24.5 Å². The first-order valence-electron chi connectivity index (χ1n) is 8.37. The van der Waals surface area contributed by atoms with Crippen molar-refractivity contribution in [3.8, 4) is 5.75 Å². The molecule has 1 saturated carbocycles. The second-order valence-electron chi connectivity index (χ2n) is 6.04. The Bertz CT molecular complexity index is 417. The molecule has 2 rings (SSSR count). The number of hydrogen-bond acceptors (Lipinski definition) is 3. The maximum absolute atomic E-state index is 5.56. The van der Waals surface area contributed by atoms with Crippen LogP contribution in [0.2, 0.25) is 0 Å². The molecule has 1 N–H and O–H groups in total. The van der Waals surface area contributed by atoms with Crippen molar-refractivity contribution in [3.05, 3.63) is 29.8 Å². The van der Waals surface area contributed by atoms with E-state index in [4.69, 9.17) is 4.74 Å². The highest BCUT2D eigenvalue weighted by Gasteiger charge is 2.25. The Morgan fingerprint density at radius 2 is 2.05 bits per heavy atom. The van der Waals surface area contributed by atoms with Crippen LogP contribution in [0.15, 0.2) is 24.3 Å². The highest BCUT2D eigenvalue weighted by molar-refractivity contribution is 5.36. The summed E-state index contributed by atoms with van der Waals surface area (Å²) in [5.74, 6) is 1.93. The molecule has 1 unspecified atom stereocenters. The van der Waals surface area contributed by atoms with Crippen molar-refractivity contribution in [1.29, 1.82) is 0 Å². The Labute approximate surface area is 129 Å². The summed E-state index contributed by atoms with van der Waals surface area (Å²) >= 11 is 0. The lowest BCUT2D eigenvalue weighted by atomic mass is 10.0. The lowest BCUT2D eigenvalue weighted by molar-refractivity contribution is 0.242. The second-order valence-corrected chi connectivity index (χ2v) is 6.04. The van der Waals surface area contributed by atoms with Crippen LogP contribution in [0.4, 0.5) is 0 Å². The van der Waals surface area contributed by atoms with Gasteiger partial charge in [-0.15, -0.1) is 0 Å². The fraction of sp³-hybridized carbons (Fsp3) is 0.667. The van der Waals surface area contributed by atoms with E-state index in [9.17, 15) is 0 Å². The molecule has 0 amide bonds. The zero-order valence-corrected chi connectivity index (χ0v) is 13.8. The van der Waals surface area contributed by atoms with Gasteiger partial charge >= 0.3 is 0 Å². The van der Waals surface area contributed by atoms with Gasteiger partial charge in [0.1, 0.15) is 5.75 Å². The van der Waals surface area contributed by atoms with Crippen LogP contribution in [0, 0.1) is 5.92 Å². The molecule has 21 heavy (non-hydrogen) atoms. The van der Waals surface area contributed by atoms with Gasteiger partial charge in [0, 0.05) is 24.7 Å². The van der Waals surface area contributed by atoms with Gasteiger partial charge in [-0.2, -0.15) is 0 Å². The SMILES string of the molecule is CCCNC(CN(CC)CC1CC1)c1ccccc1OC. The first-order valence-corrected chi connectivity index (χ1v) is 8.37. The van der Waals surface area contributed by atoms with Gasteiger partial charge in [-0.05, 0) is 44.3 Å². The molecule has 0 bridgehead atoms. The van der Waals surface area contributed by atoms with E-state index in [0.717, 1.165) is 37.7 Å². The van der Waals surface area contributed by atoms with Crippen molar-refractivity contribution in [1.82, 2.24) is 10.2 Å². The fourth-order valence-electron chi connectivity index (χ4n) is 2.80. The van der Waals surface area contributed by atoms with Gasteiger partial charge in [0.25, 0.3) is 0 Å². The van der Waals surface area contributed by atoms with Crippen LogP contribution in [-0.2, 0) is 0 Å². The molecule has 0 aromatic heterocycles. The smallest absolute Gasteiger partial charge is 0.123 e. The molecule has 1 aliphatic carbocycles. The van der Waals surface area contributed by atoms with Crippen LogP contribution >= 0.6 is 0 Å². The lowest BCUT2D eigenvalue weighted by Gasteiger charge is -2.28. The number of hydrogen-bond donors (Lipinski definition) is 1. The number of ether oxygens (including phenoxy) is 1. The first kappa shape index (κ1) is 16.3. The highest BCUT2D eigenvalue weighted by atomic mass is 16.5. The maximum atomic E-state index is 5.56. The number of methoxy groups -OCH3 is 1. The van der Waals surface area contributed by atoms with Crippen LogP contribution in [0.3, 0.4) is 0 Å². The number of nitrogens with one attached hydrogen (secondary N) is 1. The van der Waals surface area contributed by atoms with E-state index in [1.54, 1.807) is 7.11 Å². The number of benzene rings is 1. The van der Waals surface area contributed by atoms with Crippen LogP contribution in [0.5, 0.6) is 5.75 Å². The van der Waals surface area contributed by atoms with E-state index in [-0.39, 0.29) is 0 Å². The third-order valence-corrected chi connectivity index (χ3v) is 4.26. The van der Waals surface area contributed by atoms with Gasteiger partial charge in [-0.1, -0.05) is 32.0 Å². The van der Waals surface area contributed by atoms with Crippen molar-refractivity contribution in [2.24, 2.45) is 5.92 Å². The number of nitrogens with zero attached hydrogens (tertiary/aromatic N) is 1. The standard InChI is InChI=1S/C18H30N2O/c1-4-12-19-17(14-20(5-2)13-15-10-11-15)16-8-6-7-9-18(16)21-3/h6-9,15,17,19H,4-5,10-14H2,1-3H3. The van der Waals surface area contributed by atoms with Crippen molar-refractivity contribution in [3.63, 3.8) is 0 Å². The van der Waals surface area contributed by atoms with Crippen molar-refractivity contribution >= 4 is 0 Å². The third-order valence-electron chi connectivity index (χ3n) is 4.26. The summed E-state index contributed by atoms with van der Waals surface area (Å²) in [5.41, 5.74) is 1.28. The summed E-state index contributed by atoms with van der Waals surface area (Å²) in [4.78, 5) is 2.58. The van der Waals surface area contributed by atoms with E-state index in [2.05, 4.69) is 42.3 Å². The van der Waals surface area contributed by atoms with Gasteiger partial charge in [0.05, 0.1) is 7.11 Å². The molecular weight excluding hydrogens is 260 g/mol. The minimum absolute atomic E-state index is 0.347.